The zero-order chi connectivity index (χ0) is 5.82. The number of halogens is 2. The first kappa shape index (κ1) is 13.1. The van der Waals surface area contributed by atoms with Crippen LogP contribution in [0.15, 0.2) is 0 Å². The van der Waals surface area contributed by atoms with Crippen molar-refractivity contribution >= 4 is 24.8 Å². The average molecular weight is 188 g/mol. The summed E-state index contributed by atoms with van der Waals surface area (Å²) in [5.74, 6) is 0.740. The predicted octanol–water partition coefficient (Wildman–Crippen LogP) is 1.22. The van der Waals surface area contributed by atoms with Crippen molar-refractivity contribution < 1.29 is 4.74 Å². The maximum absolute atomic E-state index is 5.45. The van der Waals surface area contributed by atoms with Crippen LogP contribution in [0.3, 0.4) is 0 Å². The van der Waals surface area contributed by atoms with Gasteiger partial charge in [-0.25, -0.2) is 0 Å². The molecule has 1 aliphatic rings. The molecule has 10 heavy (non-hydrogen) atoms. The van der Waals surface area contributed by atoms with Gasteiger partial charge >= 0.3 is 0 Å². The van der Waals surface area contributed by atoms with Gasteiger partial charge in [0, 0.05) is 13.2 Å². The Labute approximate surface area is 74.3 Å². The largest absolute Gasteiger partial charge is 0.381 e. The van der Waals surface area contributed by atoms with Gasteiger partial charge in [0.25, 0.3) is 0 Å². The van der Waals surface area contributed by atoms with E-state index in [9.17, 15) is 0 Å². The maximum atomic E-state index is 5.45. The normalized spacial score (nSPS) is 18.9. The first-order chi connectivity index (χ1) is 3.93. The highest BCUT2D eigenvalue weighted by Crippen LogP contribution is 2.11. The van der Waals surface area contributed by atoms with Crippen LogP contribution < -0.4 is 5.73 Å². The number of nitrogens with two attached hydrogens (primary N) is 1. The summed E-state index contributed by atoms with van der Waals surface area (Å²) in [7, 11) is 0. The topological polar surface area (TPSA) is 35.2 Å². The second-order valence-electron chi connectivity index (χ2n) is 2.29. The molecular formula is C6H15Cl2NO. The molecule has 1 heterocycles. The van der Waals surface area contributed by atoms with Crippen molar-refractivity contribution in [2.24, 2.45) is 11.7 Å². The summed E-state index contributed by atoms with van der Waals surface area (Å²) in [5, 5.41) is 0. The number of ether oxygens (including phenoxy) is 1. The number of rotatable bonds is 1. The van der Waals surface area contributed by atoms with Crippen molar-refractivity contribution in [1.82, 2.24) is 0 Å². The quantitative estimate of drug-likeness (QED) is 0.671. The fourth-order valence-electron chi connectivity index (χ4n) is 0.982. The van der Waals surface area contributed by atoms with Crippen molar-refractivity contribution in [3.63, 3.8) is 0 Å². The van der Waals surface area contributed by atoms with Crippen molar-refractivity contribution in [1.29, 1.82) is 0 Å². The molecule has 2 N–H and O–H groups in total. The van der Waals surface area contributed by atoms with E-state index in [4.69, 9.17) is 10.5 Å². The van der Waals surface area contributed by atoms with Gasteiger partial charge in [0.15, 0.2) is 0 Å². The molecule has 1 saturated heterocycles. The van der Waals surface area contributed by atoms with E-state index in [0.29, 0.717) is 0 Å². The Morgan fingerprint density at radius 2 is 1.70 bits per heavy atom. The molecule has 0 atom stereocenters. The zero-order valence-electron chi connectivity index (χ0n) is 5.91. The molecule has 0 amide bonds. The van der Waals surface area contributed by atoms with Crippen LogP contribution in [0, 0.1) is 5.92 Å². The van der Waals surface area contributed by atoms with Crippen LogP contribution in [0.5, 0.6) is 0 Å². The van der Waals surface area contributed by atoms with E-state index in [1.54, 1.807) is 0 Å². The lowest BCUT2D eigenvalue weighted by atomic mass is 10.0. The molecule has 2 nitrogen and oxygen atoms in total. The summed E-state index contributed by atoms with van der Waals surface area (Å²) in [6.07, 6.45) is 2.33. The zero-order valence-corrected chi connectivity index (χ0v) is 7.55. The Morgan fingerprint density at radius 3 is 2.00 bits per heavy atom. The first-order valence-electron chi connectivity index (χ1n) is 3.21. The van der Waals surface area contributed by atoms with E-state index >= 15 is 0 Å². The number of hydrogen-bond donors (Lipinski definition) is 1. The molecule has 0 spiro atoms. The van der Waals surface area contributed by atoms with E-state index < -0.39 is 0 Å². The molecule has 0 radical (unpaired) electrons. The van der Waals surface area contributed by atoms with Gasteiger partial charge in [-0.2, -0.15) is 0 Å². The van der Waals surface area contributed by atoms with E-state index in [-0.39, 0.29) is 24.8 Å². The second-order valence-corrected chi connectivity index (χ2v) is 2.29. The molecule has 4 heteroatoms. The van der Waals surface area contributed by atoms with Crippen LogP contribution in [-0.2, 0) is 4.74 Å². The van der Waals surface area contributed by atoms with Gasteiger partial charge in [0.2, 0.25) is 0 Å². The summed E-state index contributed by atoms with van der Waals surface area (Å²) in [5.41, 5.74) is 5.45. The van der Waals surface area contributed by atoms with Gasteiger partial charge in [-0.15, -0.1) is 24.8 Å². The SMILES string of the molecule is Cl.Cl.NCC1CCOCC1. The van der Waals surface area contributed by atoms with E-state index in [1.807, 2.05) is 0 Å². The van der Waals surface area contributed by atoms with Crippen LogP contribution >= 0.6 is 24.8 Å². The lowest BCUT2D eigenvalue weighted by molar-refractivity contribution is 0.0688. The fourth-order valence-corrected chi connectivity index (χ4v) is 0.982. The van der Waals surface area contributed by atoms with Crippen LogP contribution in [0.1, 0.15) is 12.8 Å². The molecule has 0 saturated carbocycles. The Kier molecular flexibility index (Phi) is 9.97. The minimum absolute atomic E-state index is 0. The fraction of sp³-hybridized carbons (Fsp3) is 1.00. The molecule has 0 bridgehead atoms. The van der Waals surface area contributed by atoms with Crippen LogP contribution in [0.4, 0.5) is 0 Å². The summed E-state index contributed by atoms with van der Waals surface area (Å²) in [6.45, 7) is 2.67. The van der Waals surface area contributed by atoms with E-state index in [0.717, 1.165) is 38.5 Å². The van der Waals surface area contributed by atoms with Crippen LogP contribution in [-0.4, -0.2) is 19.8 Å². The maximum Gasteiger partial charge on any atom is 0.0469 e. The minimum atomic E-state index is 0. The molecule has 0 aliphatic carbocycles. The summed E-state index contributed by atoms with van der Waals surface area (Å²) in [6, 6.07) is 0. The Morgan fingerprint density at radius 1 is 1.20 bits per heavy atom. The molecule has 1 aliphatic heterocycles. The summed E-state index contributed by atoms with van der Waals surface area (Å²) >= 11 is 0. The third kappa shape index (κ3) is 4.34. The van der Waals surface area contributed by atoms with E-state index in [2.05, 4.69) is 0 Å². The van der Waals surface area contributed by atoms with Gasteiger partial charge < -0.3 is 10.5 Å². The second kappa shape index (κ2) is 7.61. The van der Waals surface area contributed by atoms with Gasteiger partial charge in [-0.1, -0.05) is 0 Å². The standard InChI is InChI=1S/C6H13NO.2ClH/c7-5-6-1-3-8-4-2-6;;/h6H,1-5,7H2;2*1H. The monoisotopic (exact) mass is 187 g/mol. The molecule has 0 aromatic heterocycles. The third-order valence-electron chi connectivity index (χ3n) is 1.67. The molecular weight excluding hydrogens is 173 g/mol. The van der Waals surface area contributed by atoms with Crippen LogP contribution in [0.25, 0.3) is 0 Å². The Hall–Kier alpha value is 0.500. The predicted molar refractivity (Wildman–Crippen MR) is 47.1 cm³/mol. The van der Waals surface area contributed by atoms with Crippen LogP contribution in [0.2, 0.25) is 0 Å². The van der Waals surface area contributed by atoms with Crippen molar-refractivity contribution in [3.8, 4) is 0 Å². The highest BCUT2D eigenvalue weighted by atomic mass is 35.5. The number of hydrogen-bond acceptors (Lipinski definition) is 2. The smallest absolute Gasteiger partial charge is 0.0469 e. The molecule has 0 unspecified atom stereocenters. The lowest BCUT2D eigenvalue weighted by Gasteiger charge is -2.19. The first-order valence-corrected chi connectivity index (χ1v) is 3.21. The van der Waals surface area contributed by atoms with Crippen molar-refractivity contribution in [2.75, 3.05) is 19.8 Å². The van der Waals surface area contributed by atoms with Crippen molar-refractivity contribution in [3.05, 3.63) is 0 Å². The molecule has 1 fully saturated rings. The molecule has 0 aromatic rings. The minimum Gasteiger partial charge on any atom is -0.381 e. The highest BCUT2D eigenvalue weighted by Gasteiger charge is 2.10. The molecule has 64 valence electrons. The Balaban J connectivity index is 0. The highest BCUT2D eigenvalue weighted by molar-refractivity contribution is 5.85. The molecule has 1 rings (SSSR count). The van der Waals surface area contributed by atoms with Gasteiger partial charge in [0.1, 0.15) is 0 Å². The van der Waals surface area contributed by atoms with Gasteiger partial charge in [-0.3, -0.25) is 0 Å². The van der Waals surface area contributed by atoms with Crippen molar-refractivity contribution in [2.45, 2.75) is 12.8 Å². The van der Waals surface area contributed by atoms with Gasteiger partial charge in [0.05, 0.1) is 0 Å². The van der Waals surface area contributed by atoms with E-state index in [1.165, 1.54) is 0 Å². The lowest BCUT2D eigenvalue weighted by Crippen LogP contribution is -2.22. The summed E-state index contributed by atoms with van der Waals surface area (Å²) in [4.78, 5) is 0. The third-order valence-corrected chi connectivity index (χ3v) is 1.67. The van der Waals surface area contributed by atoms with Gasteiger partial charge in [-0.05, 0) is 25.3 Å². The average Bonchev–Trinajstić information content (AvgIpc) is 1.90. The Bertz CT molecular complexity index is 66.8. The summed E-state index contributed by atoms with van der Waals surface area (Å²) < 4.78 is 5.15. The molecule has 0 aromatic carbocycles.